The van der Waals surface area contributed by atoms with Gasteiger partial charge in [-0.05, 0) is 64.7 Å². The van der Waals surface area contributed by atoms with E-state index in [1.165, 1.54) is 11.8 Å². The van der Waals surface area contributed by atoms with E-state index in [-0.39, 0.29) is 18.2 Å². The first-order valence-corrected chi connectivity index (χ1v) is 12.6. The van der Waals surface area contributed by atoms with E-state index in [1.807, 2.05) is 30.3 Å². The van der Waals surface area contributed by atoms with Crippen LogP contribution in [0.1, 0.15) is 41.6 Å². The Labute approximate surface area is 216 Å². The number of unbranched alkanes of at least 4 members (excludes halogenated alkanes) is 2. The van der Waals surface area contributed by atoms with Crippen LogP contribution in [-0.2, 0) is 9.59 Å². The van der Waals surface area contributed by atoms with Gasteiger partial charge in [-0.25, -0.2) is 0 Å². The standard InChI is InChI=1S/C24H24BrN3O4S2/c1-32-17-12-10-16(11-13-17)15-20-23(31)28(24(33)34-20)14-6-2-3-9-21(29)26-27-22(30)18-7-4-5-8-19(18)25/h4-5,7-8,10-13,15H,2-3,6,9,14H2,1H3,(H,26,29)(H,27,30)/b20-15-. The van der Waals surface area contributed by atoms with E-state index < -0.39 is 5.91 Å². The van der Waals surface area contributed by atoms with Gasteiger partial charge in [0.1, 0.15) is 10.1 Å². The SMILES string of the molecule is COc1ccc(/C=C2\SC(=S)N(CCCCCC(=O)NNC(=O)c3ccccc3Br)C2=O)cc1. The van der Waals surface area contributed by atoms with E-state index in [9.17, 15) is 14.4 Å². The third kappa shape index (κ3) is 7.15. The van der Waals surface area contributed by atoms with Crippen molar-refractivity contribution in [2.75, 3.05) is 13.7 Å². The number of nitrogens with one attached hydrogen (secondary N) is 2. The number of hydrogen-bond acceptors (Lipinski definition) is 6. The van der Waals surface area contributed by atoms with Crippen molar-refractivity contribution in [2.45, 2.75) is 25.7 Å². The first-order valence-electron chi connectivity index (χ1n) is 10.6. The average molecular weight is 563 g/mol. The maximum absolute atomic E-state index is 12.7. The van der Waals surface area contributed by atoms with Gasteiger partial charge < -0.3 is 4.74 Å². The lowest BCUT2D eigenvalue weighted by Crippen LogP contribution is -2.41. The zero-order chi connectivity index (χ0) is 24.5. The van der Waals surface area contributed by atoms with E-state index in [2.05, 4.69) is 26.8 Å². The second-order valence-corrected chi connectivity index (χ2v) is 9.93. The number of carbonyl (C=O) groups is 3. The van der Waals surface area contributed by atoms with Crippen LogP contribution >= 0.6 is 39.9 Å². The molecule has 0 bridgehead atoms. The fourth-order valence-corrected chi connectivity index (χ4v) is 4.95. The monoisotopic (exact) mass is 561 g/mol. The molecule has 10 heteroatoms. The Kier molecular flexibility index (Phi) is 9.67. The summed E-state index contributed by atoms with van der Waals surface area (Å²) in [5, 5.41) is 0. The lowest BCUT2D eigenvalue weighted by molar-refractivity contribution is -0.123. The zero-order valence-electron chi connectivity index (χ0n) is 18.5. The van der Waals surface area contributed by atoms with Gasteiger partial charge in [0, 0.05) is 17.4 Å². The van der Waals surface area contributed by atoms with Gasteiger partial charge in [-0.2, -0.15) is 0 Å². The molecule has 0 unspecified atom stereocenters. The van der Waals surface area contributed by atoms with Crippen LogP contribution in [0.25, 0.3) is 6.08 Å². The minimum atomic E-state index is -0.391. The summed E-state index contributed by atoms with van der Waals surface area (Å²) >= 11 is 9.98. The average Bonchev–Trinajstić information content (AvgIpc) is 3.10. The van der Waals surface area contributed by atoms with E-state index in [1.54, 1.807) is 36.3 Å². The molecule has 0 saturated carbocycles. The molecule has 1 saturated heterocycles. The van der Waals surface area contributed by atoms with Crippen molar-refractivity contribution in [1.29, 1.82) is 0 Å². The van der Waals surface area contributed by atoms with Crippen molar-refractivity contribution >= 4 is 68.0 Å². The fraction of sp³-hybridized carbons (Fsp3) is 0.250. The molecule has 1 heterocycles. The number of benzene rings is 2. The smallest absolute Gasteiger partial charge is 0.270 e. The Morgan fingerprint density at radius 1 is 1.09 bits per heavy atom. The Balaban J connectivity index is 1.37. The van der Waals surface area contributed by atoms with Gasteiger partial charge in [0.25, 0.3) is 11.8 Å². The van der Waals surface area contributed by atoms with Crippen LogP contribution in [0.3, 0.4) is 0 Å². The lowest BCUT2D eigenvalue weighted by atomic mass is 10.1. The summed E-state index contributed by atoms with van der Waals surface area (Å²) in [6, 6.07) is 14.4. The molecule has 1 fully saturated rings. The maximum atomic E-state index is 12.7. The van der Waals surface area contributed by atoms with Crippen LogP contribution in [0.15, 0.2) is 57.9 Å². The molecule has 0 atom stereocenters. The van der Waals surface area contributed by atoms with Gasteiger partial charge in [-0.15, -0.1) is 0 Å². The number of ether oxygens (including phenoxy) is 1. The van der Waals surface area contributed by atoms with Gasteiger partial charge in [0.15, 0.2) is 0 Å². The number of nitrogens with zero attached hydrogens (tertiary/aromatic N) is 1. The Hall–Kier alpha value is -2.69. The summed E-state index contributed by atoms with van der Waals surface area (Å²) in [5.74, 6) is -0.00491. The molecule has 1 aliphatic heterocycles. The molecular formula is C24H24BrN3O4S2. The molecule has 3 amide bonds. The normalized spacial score (nSPS) is 14.4. The number of halogens is 1. The molecule has 1 aliphatic rings. The van der Waals surface area contributed by atoms with Crippen molar-refractivity contribution in [1.82, 2.24) is 15.8 Å². The number of thiocarbonyl (C=S) groups is 1. The summed E-state index contributed by atoms with van der Waals surface area (Å²) in [6.45, 7) is 0.505. The molecule has 2 N–H and O–H groups in total. The number of hydrazine groups is 1. The summed E-state index contributed by atoms with van der Waals surface area (Å²) in [7, 11) is 1.61. The highest BCUT2D eigenvalue weighted by atomic mass is 79.9. The van der Waals surface area contributed by atoms with Crippen LogP contribution in [0.4, 0.5) is 0 Å². The quantitative estimate of drug-likeness (QED) is 0.200. The Morgan fingerprint density at radius 3 is 2.53 bits per heavy atom. The zero-order valence-corrected chi connectivity index (χ0v) is 21.7. The molecular weight excluding hydrogens is 538 g/mol. The lowest BCUT2D eigenvalue weighted by Gasteiger charge is -2.14. The number of methoxy groups -OCH3 is 1. The minimum absolute atomic E-state index is 0.0988. The van der Waals surface area contributed by atoms with Crippen molar-refractivity contribution in [2.24, 2.45) is 0 Å². The van der Waals surface area contributed by atoms with Crippen LogP contribution in [0.5, 0.6) is 5.75 Å². The largest absolute Gasteiger partial charge is 0.497 e. The number of hydrogen-bond donors (Lipinski definition) is 2. The number of rotatable bonds is 9. The van der Waals surface area contributed by atoms with Crippen molar-refractivity contribution < 1.29 is 19.1 Å². The molecule has 0 spiro atoms. The third-order valence-electron chi connectivity index (χ3n) is 5.01. The molecule has 34 heavy (non-hydrogen) atoms. The summed E-state index contributed by atoms with van der Waals surface area (Å²) in [5.41, 5.74) is 6.18. The van der Waals surface area contributed by atoms with Crippen molar-refractivity contribution in [3.63, 3.8) is 0 Å². The summed E-state index contributed by atoms with van der Waals surface area (Å²) < 4.78 is 6.34. The van der Waals surface area contributed by atoms with Gasteiger partial charge in [0.05, 0.1) is 17.6 Å². The fourth-order valence-electron chi connectivity index (χ4n) is 3.18. The number of amides is 3. The molecule has 7 nitrogen and oxygen atoms in total. The van der Waals surface area contributed by atoms with Crippen LogP contribution in [0, 0.1) is 0 Å². The molecule has 178 valence electrons. The van der Waals surface area contributed by atoms with Gasteiger partial charge in [-0.3, -0.25) is 30.1 Å². The van der Waals surface area contributed by atoms with Gasteiger partial charge in [0.2, 0.25) is 5.91 Å². The predicted octanol–water partition coefficient (Wildman–Crippen LogP) is 4.68. The molecule has 2 aromatic rings. The molecule has 3 rings (SSSR count). The van der Waals surface area contributed by atoms with E-state index >= 15 is 0 Å². The van der Waals surface area contributed by atoms with Crippen molar-refractivity contribution in [3.05, 3.63) is 69.0 Å². The van der Waals surface area contributed by atoms with E-state index in [0.29, 0.717) is 32.2 Å². The van der Waals surface area contributed by atoms with E-state index in [4.69, 9.17) is 17.0 Å². The molecule has 0 aliphatic carbocycles. The Bertz CT molecular complexity index is 1110. The highest BCUT2D eigenvalue weighted by molar-refractivity contribution is 9.10. The van der Waals surface area contributed by atoms with Crippen LogP contribution in [-0.4, -0.2) is 40.6 Å². The van der Waals surface area contributed by atoms with Gasteiger partial charge >= 0.3 is 0 Å². The third-order valence-corrected chi connectivity index (χ3v) is 7.08. The molecule has 2 aromatic carbocycles. The summed E-state index contributed by atoms with van der Waals surface area (Å²) in [4.78, 5) is 39.0. The molecule has 0 aromatic heterocycles. The van der Waals surface area contributed by atoms with Crippen molar-refractivity contribution in [3.8, 4) is 5.75 Å². The van der Waals surface area contributed by atoms with Crippen LogP contribution in [0.2, 0.25) is 0 Å². The highest BCUT2D eigenvalue weighted by Gasteiger charge is 2.31. The highest BCUT2D eigenvalue weighted by Crippen LogP contribution is 2.33. The Morgan fingerprint density at radius 2 is 1.82 bits per heavy atom. The van der Waals surface area contributed by atoms with E-state index in [0.717, 1.165) is 24.2 Å². The van der Waals surface area contributed by atoms with Crippen LogP contribution < -0.4 is 15.6 Å². The molecule has 0 radical (unpaired) electrons. The van der Waals surface area contributed by atoms with Gasteiger partial charge in [-0.1, -0.05) is 54.7 Å². The number of thioether (sulfide) groups is 1. The minimum Gasteiger partial charge on any atom is -0.497 e. The number of carbonyl (C=O) groups excluding carboxylic acids is 3. The second kappa shape index (κ2) is 12.7. The first kappa shape index (κ1) is 25.9. The maximum Gasteiger partial charge on any atom is 0.270 e. The second-order valence-electron chi connectivity index (χ2n) is 7.40. The predicted molar refractivity (Wildman–Crippen MR) is 141 cm³/mol. The topological polar surface area (TPSA) is 87.7 Å². The summed E-state index contributed by atoms with van der Waals surface area (Å²) in [6.07, 6.45) is 4.20. The first-order chi connectivity index (χ1) is 16.4.